The number of rotatable bonds is 1. The quantitative estimate of drug-likeness (QED) is 0.753. The van der Waals surface area contributed by atoms with Crippen LogP contribution in [0.15, 0.2) is 21.2 Å². The van der Waals surface area contributed by atoms with Gasteiger partial charge in [0.1, 0.15) is 0 Å². The van der Waals surface area contributed by atoms with E-state index in [1.165, 1.54) is 12.8 Å². The summed E-state index contributed by atoms with van der Waals surface area (Å²) in [6.07, 6.45) is 2.62. The minimum absolute atomic E-state index is 0.789. The van der Waals surface area contributed by atoms with Gasteiger partial charge < -0.3 is 9.32 Å². The van der Waals surface area contributed by atoms with Gasteiger partial charge in [-0.2, -0.15) is 0 Å². The van der Waals surface area contributed by atoms with Gasteiger partial charge in [0, 0.05) is 19.2 Å². The molecule has 1 aromatic heterocycles. The summed E-state index contributed by atoms with van der Waals surface area (Å²) in [5.74, 6) is 1.79. The van der Waals surface area contributed by atoms with E-state index in [9.17, 15) is 0 Å². The van der Waals surface area contributed by atoms with E-state index in [1.54, 1.807) is 0 Å². The molecular formula is C10H14BrNO. The first-order chi connectivity index (χ1) is 6.25. The topological polar surface area (TPSA) is 16.4 Å². The minimum atomic E-state index is 0.789. The lowest BCUT2D eigenvalue weighted by Crippen LogP contribution is -2.33. The zero-order valence-corrected chi connectivity index (χ0v) is 9.38. The van der Waals surface area contributed by atoms with E-state index >= 15 is 0 Å². The average Bonchev–Trinajstić information content (AvgIpc) is 2.52. The fourth-order valence-electron chi connectivity index (χ4n) is 1.86. The molecule has 3 heteroatoms. The maximum atomic E-state index is 5.51. The van der Waals surface area contributed by atoms with Gasteiger partial charge in [-0.25, -0.2) is 0 Å². The highest BCUT2D eigenvalue weighted by atomic mass is 79.9. The molecule has 2 nitrogen and oxygen atoms in total. The van der Waals surface area contributed by atoms with Crippen molar-refractivity contribution in [3.05, 3.63) is 16.8 Å². The third-order valence-electron chi connectivity index (χ3n) is 2.53. The van der Waals surface area contributed by atoms with Crippen LogP contribution < -0.4 is 4.90 Å². The molecule has 1 unspecified atom stereocenters. The van der Waals surface area contributed by atoms with Crippen LogP contribution in [0, 0.1) is 5.92 Å². The molecule has 2 heterocycles. The zero-order valence-electron chi connectivity index (χ0n) is 7.79. The van der Waals surface area contributed by atoms with Gasteiger partial charge in [-0.1, -0.05) is 6.92 Å². The first-order valence-electron chi connectivity index (χ1n) is 4.76. The second kappa shape index (κ2) is 3.74. The Labute approximate surface area is 87.0 Å². The number of piperidine rings is 1. The SMILES string of the molecule is CC1CCCN(c2ccc(Br)o2)C1. The molecule has 0 saturated carbocycles. The number of halogens is 1. The summed E-state index contributed by atoms with van der Waals surface area (Å²) in [6, 6.07) is 3.98. The van der Waals surface area contributed by atoms with Gasteiger partial charge in [0.25, 0.3) is 0 Å². The van der Waals surface area contributed by atoms with E-state index in [-0.39, 0.29) is 0 Å². The number of nitrogens with zero attached hydrogens (tertiary/aromatic N) is 1. The molecule has 0 aliphatic carbocycles. The molecule has 13 heavy (non-hydrogen) atoms. The molecule has 0 aromatic carbocycles. The Kier molecular flexibility index (Phi) is 2.63. The van der Waals surface area contributed by atoms with E-state index in [4.69, 9.17) is 4.42 Å². The summed E-state index contributed by atoms with van der Waals surface area (Å²) in [7, 11) is 0. The second-order valence-electron chi connectivity index (χ2n) is 3.77. The van der Waals surface area contributed by atoms with Gasteiger partial charge in [0.05, 0.1) is 0 Å². The summed E-state index contributed by atoms with van der Waals surface area (Å²) in [5, 5.41) is 0. The van der Waals surface area contributed by atoms with Gasteiger partial charge in [-0.15, -0.1) is 0 Å². The van der Waals surface area contributed by atoms with Crippen molar-refractivity contribution < 1.29 is 4.42 Å². The summed E-state index contributed by atoms with van der Waals surface area (Å²) in [4.78, 5) is 2.32. The Morgan fingerprint density at radius 3 is 3.00 bits per heavy atom. The summed E-state index contributed by atoms with van der Waals surface area (Å²) in [6.45, 7) is 4.55. The van der Waals surface area contributed by atoms with Crippen molar-refractivity contribution in [3.63, 3.8) is 0 Å². The Bertz CT molecular complexity index is 284. The average molecular weight is 244 g/mol. The Morgan fingerprint density at radius 1 is 1.54 bits per heavy atom. The number of hydrogen-bond donors (Lipinski definition) is 0. The summed E-state index contributed by atoms with van der Waals surface area (Å²) < 4.78 is 6.33. The van der Waals surface area contributed by atoms with Crippen molar-refractivity contribution in [2.24, 2.45) is 5.92 Å². The van der Waals surface area contributed by atoms with E-state index in [0.717, 1.165) is 29.6 Å². The maximum absolute atomic E-state index is 5.51. The van der Waals surface area contributed by atoms with Gasteiger partial charge in [0.2, 0.25) is 0 Å². The van der Waals surface area contributed by atoms with Crippen molar-refractivity contribution in [1.29, 1.82) is 0 Å². The van der Waals surface area contributed by atoms with E-state index in [2.05, 4.69) is 27.8 Å². The molecule has 2 rings (SSSR count). The molecule has 1 atom stereocenters. The second-order valence-corrected chi connectivity index (χ2v) is 4.55. The monoisotopic (exact) mass is 243 g/mol. The van der Waals surface area contributed by atoms with Gasteiger partial charge in [0.15, 0.2) is 10.6 Å². The molecule has 1 aliphatic rings. The van der Waals surface area contributed by atoms with E-state index < -0.39 is 0 Å². The largest absolute Gasteiger partial charge is 0.434 e. The lowest BCUT2D eigenvalue weighted by Gasteiger charge is -2.30. The number of furan rings is 1. The van der Waals surface area contributed by atoms with E-state index in [0.29, 0.717) is 0 Å². The van der Waals surface area contributed by atoms with Crippen molar-refractivity contribution in [2.75, 3.05) is 18.0 Å². The van der Waals surface area contributed by atoms with Crippen molar-refractivity contribution in [3.8, 4) is 0 Å². The van der Waals surface area contributed by atoms with Crippen LogP contribution in [0.25, 0.3) is 0 Å². The van der Waals surface area contributed by atoms with Crippen molar-refractivity contribution in [1.82, 2.24) is 0 Å². The Morgan fingerprint density at radius 2 is 2.38 bits per heavy atom. The van der Waals surface area contributed by atoms with Crippen LogP contribution in [-0.2, 0) is 0 Å². The first kappa shape index (κ1) is 9.13. The molecule has 1 saturated heterocycles. The van der Waals surface area contributed by atoms with Gasteiger partial charge >= 0.3 is 0 Å². The van der Waals surface area contributed by atoms with Crippen molar-refractivity contribution in [2.45, 2.75) is 19.8 Å². The molecule has 72 valence electrons. The van der Waals surface area contributed by atoms with Crippen LogP contribution in [0.4, 0.5) is 5.88 Å². The normalized spacial score (nSPS) is 23.5. The lowest BCUT2D eigenvalue weighted by molar-refractivity contribution is 0.417. The Balaban J connectivity index is 2.08. The molecule has 0 amide bonds. The maximum Gasteiger partial charge on any atom is 0.196 e. The van der Waals surface area contributed by atoms with Crippen LogP contribution in [0.2, 0.25) is 0 Å². The predicted octanol–water partition coefficient (Wildman–Crippen LogP) is 3.28. The number of hydrogen-bond acceptors (Lipinski definition) is 2. The summed E-state index contributed by atoms with van der Waals surface area (Å²) >= 11 is 3.32. The first-order valence-corrected chi connectivity index (χ1v) is 5.55. The molecule has 0 bridgehead atoms. The van der Waals surface area contributed by atoms with Crippen LogP contribution in [-0.4, -0.2) is 13.1 Å². The third-order valence-corrected chi connectivity index (χ3v) is 2.95. The highest BCUT2D eigenvalue weighted by molar-refractivity contribution is 9.10. The van der Waals surface area contributed by atoms with Crippen LogP contribution in [0.3, 0.4) is 0 Å². The zero-order chi connectivity index (χ0) is 9.26. The fraction of sp³-hybridized carbons (Fsp3) is 0.600. The summed E-state index contributed by atoms with van der Waals surface area (Å²) in [5.41, 5.74) is 0. The highest BCUT2D eigenvalue weighted by Gasteiger charge is 2.18. The molecule has 1 aliphatic heterocycles. The molecule has 0 radical (unpaired) electrons. The van der Waals surface area contributed by atoms with Gasteiger partial charge in [-0.3, -0.25) is 0 Å². The highest BCUT2D eigenvalue weighted by Crippen LogP contribution is 2.26. The molecule has 1 aromatic rings. The van der Waals surface area contributed by atoms with E-state index in [1.807, 2.05) is 12.1 Å². The Hall–Kier alpha value is -0.440. The molecule has 0 N–H and O–H groups in total. The molecular weight excluding hydrogens is 230 g/mol. The third kappa shape index (κ3) is 2.08. The smallest absolute Gasteiger partial charge is 0.196 e. The van der Waals surface area contributed by atoms with Gasteiger partial charge in [-0.05, 0) is 40.8 Å². The standard InChI is InChI=1S/C10H14BrNO/c1-8-3-2-6-12(7-8)10-5-4-9(11)13-10/h4-5,8H,2-3,6-7H2,1H3. The van der Waals surface area contributed by atoms with Crippen LogP contribution >= 0.6 is 15.9 Å². The van der Waals surface area contributed by atoms with Crippen LogP contribution in [0.1, 0.15) is 19.8 Å². The predicted molar refractivity (Wildman–Crippen MR) is 57.0 cm³/mol. The van der Waals surface area contributed by atoms with Crippen molar-refractivity contribution >= 4 is 21.8 Å². The lowest BCUT2D eigenvalue weighted by atomic mass is 10.0. The molecule has 1 fully saturated rings. The van der Waals surface area contributed by atoms with Crippen LogP contribution in [0.5, 0.6) is 0 Å². The minimum Gasteiger partial charge on any atom is -0.434 e. The molecule has 0 spiro atoms. The fourth-order valence-corrected chi connectivity index (χ4v) is 2.16. The number of anilines is 1.